The van der Waals surface area contributed by atoms with Crippen molar-refractivity contribution < 1.29 is 4.74 Å². The van der Waals surface area contributed by atoms with E-state index in [1.807, 2.05) is 12.5 Å². The fraction of sp³-hybridized carbons (Fsp3) is 0.700. The Bertz CT molecular complexity index is 302. The summed E-state index contributed by atoms with van der Waals surface area (Å²) in [5, 5.41) is 0. The quantitative estimate of drug-likeness (QED) is 0.778. The van der Waals surface area contributed by atoms with Gasteiger partial charge in [-0.2, -0.15) is 0 Å². The maximum Gasteiger partial charge on any atom is 0.0954 e. The summed E-state index contributed by atoms with van der Waals surface area (Å²) in [7, 11) is 0. The van der Waals surface area contributed by atoms with E-state index in [-0.39, 0.29) is 5.54 Å². The van der Waals surface area contributed by atoms with E-state index in [1.165, 1.54) is 0 Å². The minimum atomic E-state index is 0.102. The molecule has 1 fully saturated rings. The van der Waals surface area contributed by atoms with Crippen LogP contribution in [-0.2, 0) is 16.8 Å². The van der Waals surface area contributed by atoms with E-state index in [4.69, 9.17) is 10.5 Å². The lowest BCUT2D eigenvalue weighted by Gasteiger charge is -2.29. The number of hydrogen-bond acceptors (Lipinski definition) is 3. The van der Waals surface area contributed by atoms with Crippen molar-refractivity contribution in [3.63, 3.8) is 0 Å². The zero-order valence-corrected chi connectivity index (χ0v) is 8.57. The smallest absolute Gasteiger partial charge is 0.0954 e. The van der Waals surface area contributed by atoms with Crippen LogP contribution >= 0.6 is 0 Å². The van der Waals surface area contributed by atoms with Gasteiger partial charge < -0.3 is 15.0 Å². The van der Waals surface area contributed by atoms with Gasteiger partial charge in [-0.05, 0) is 12.8 Å². The highest BCUT2D eigenvalue weighted by Gasteiger charge is 2.35. The molecule has 0 aliphatic carbocycles. The molecule has 14 heavy (non-hydrogen) atoms. The molecule has 1 saturated heterocycles. The molecule has 0 spiro atoms. The second-order valence-electron chi connectivity index (χ2n) is 3.84. The molecule has 2 heterocycles. The molecular weight excluding hydrogens is 178 g/mol. The number of aromatic nitrogens is 2. The lowest BCUT2D eigenvalue weighted by atomic mass is 9.94. The molecule has 1 aliphatic rings. The number of hydrogen-bond donors (Lipinski definition) is 1. The van der Waals surface area contributed by atoms with Gasteiger partial charge in [-0.25, -0.2) is 4.98 Å². The van der Waals surface area contributed by atoms with Crippen LogP contribution in [0.1, 0.15) is 25.5 Å². The van der Waals surface area contributed by atoms with Crippen molar-refractivity contribution in [3.05, 3.63) is 18.2 Å². The van der Waals surface area contributed by atoms with Crippen LogP contribution in [0.4, 0.5) is 0 Å². The van der Waals surface area contributed by atoms with Gasteiger partial charge in [-0.3, -0.25) is 0 Å². The van der Waals surface area contributed by atoms with Crippen LogP contribution in [0.3, 0.4) is 0 Å². The first-order valence-corrected chi connectivity index (χ1v) is 5.12. The van der Waals surface area contributed by atoms with Crippen LogP contribution in [0.2, 0.25) is 0 Å². The van der Waals surface area contributed by atoms with E-state index < -0.39 is 0 Å². The van der Waals surface area contributed by atoms with Crippen molar-refractivity contribution in [1.29, 1.82) is 0 Å². The normalized spacial score (nSPS) is 27.0. The van der Waals surface area contributed by atoms with Crippen molar-refractivity contribution in [2.45, 2.75) is 31.8 Å². The monoisotopic (exact) mass is 195 g/mol. The molecule has 0 amide bonds. The van der Waals surface area contributed by atoms with Crippen LogP contribution in [0.15, 0.2) is 12.5 Å². The van der Waals surface area contributed by atoms with Crippen LogP contribution in [0.25, 0.3) is 0 Å². The summed E-state index contributed by atoms with van der Waals surface area (Å²) in [6.07, 6.45) is 5.85. The predicted molar refractivity (Wildman–Crippen MR) is 53.8 cm³/mol. The van der Waals surface area contributed by atoms with Crippen molar-refractivity contribution >= 4 is 0 Å². The Morgan fingerprint density at radius 3 is 3.14 bits per heavy atom. The SMILES string of the molecule is CCC1(n2cncc2CN)CCOC1. The average molecular weight is 195 g/mol. The van der Waals surface area contributed by atoms with E-state index in [1.54, 1.807) is 0 Å². The molecule has 0 saturated carbocycles. The zero-order chi connectivity index (χ0) is 10.0. The first-order chi connectivity index (χ1) is 6.82. The van der Waals surface area contributed by atoms with Crippen LogP contribution in [0, 0.1) is 0 Å². The van der Waals surface area contributed by atoms with Gasteiger partial charge in [0, 0.05) is 19.3 Å². The van der Waals surface area contributed by atoms with E-state index in [2.05, 4.69) is 16.5 Å². The topological polar surface area (TPSA) is 53.1 Å². The third-order valence-corrected chi connectivity index (χ3v) is 3.18. The standard InChI is InChI=1S/C10H17N3O/c1-2-10(3-4-14-7-10)13-8-12-6-9(13)5-11/h6,8H,2-5,7,11H2,1H3. The third-order valence-electron chi connectivity index (χ3n) is 3.18. The zero-order valence-electron chi connectivity index (χ0n) is 8.57. The molecule has 1 unspecified atom stereocenters. The summed E-state index contributed by atoms with van der Waals surface area (Å²) >= 11 is 0. The molecule has 78 valence electrons. The van der Waals surface area contributed by atoms with Crippen LogP contribution in [0.5, 0.6) is 0 Å². The molecule has 0 radical (unpaired) electrons. The maximum atomic E-state index is 5.67. The molecule has 4 heteroatoms. The molecule has 0 aromatic carbocycles. The lowest BCUT2D eigenvalue weighted by Crippen LogP contribution is -2.34. The molecule has 0 bridgehead atoms. The van der Waals surface area contributed by atoms with Gasteiger partial charge in [0.25, 0.3) is 0 Å². The Balaban J connectivity index is 2.35. The highest BCUT2D eigenvalue weighted by Crippen LogP contribution is 2.31. The van der Waals surface area contributed by atoms with Gasteiger partial charge in [0.05, 0.1) is 24.2 Å². The van der Waals surface area contributed by atoms with Gasteiger partial charge >= 0.3 is 0 Å². The number of rotatable bonds is 3. The summed E-state index contributed by atoms with van der Waals surface area (Å²) in [6, 6.07) is 0. The Morgan fingerprint density at radius 2 is 2.57 bits per heavy atom. The van der Waals surface area contributed by atoms with E-state index in [0.717, 1.165) is 31.7 Å². The van der Waals surface area contributed by atoms with Gasteiger partial charge in [0.15, 0.2) is 0 Å². The van der Waals surface area contributed by atoms with Crippen molar-refractivity contribution in [1.82, 2.24) is 9.55 Å². The van der Waals surface area contributed by atoms with E-state index >= 15 is 0 Å². The molecule has 1 aliphatic heterocycles. The first-order valence-electron chi connectivity index (χ1n) is 5.12. The number of nitrogens with two attached hydrogens (primary N) is 1. The van der Waals surface area contributed by atoms with Gasteiger partial charge in [-0.1, -0.05) is 6.92 Å². The van der Waals surface area contributed by atoms with E-state index in [0.29, 0.717) is 6.54 Å². The number of nitrogens with zero attached hydrogens (tertiary/aromatic N) is 2. The molecule has 4 nitrogen and oxygen atoms in total. The molecule has 1 aromatic rings. The van der Waals surface area contributed by atoms with Crippen LogP contribution < -0.4 is 5.73 Å². The van der Waals surface area contributed by atoms with E-state index in [9.17, 15) is 0 Å². The fourth-order valence-corrected chi connectivity index (χ4v) is 2.14. The Labute approximate surface area is 84.1 Å². The number of imidazole rings is 1. The summed E-state index contributed by atoms with van der Waals surface area (Å²) in [4.78, 5) is 4.16. The minimum Gasteiger partial charge on any atom is -0.379 e. The van der Waals surface area contributed by atoms with Crippen LogP contribution in [-0.4, -0.2) is 22.8 Å². The van der Waals surface area contributed by atoms with Gasteiger partial charge in [0.1, 0.15) is 0 Å². The summed E-state index contributed by atoms with van der Waals surface area (Å²) in [5.74, 6) is 0. The highest BCUT2D eigenvalue weighted by molar-refractivity contribution is 5.05. The van der Waals surface area contributed by atoms with Gasteiger partial charge in [-0.15, -0.1) is 0 Å². The summed E-state index contributed by atoms with van der Waals surface area (Å²) in [6.45, 7) is 4.36. The Hall–Kier alpha value is -0.870. The Kier molecular flexibility index (Phi) is 2.56. The fourth-order valence-electron chi connectivity index (χ4n) is 2.14. The van der Waals surface area contributed by atoms with Crippen molar-refractivity contribution in [3.8, 4) is 0 Å². The molecular formula is C10H17N3O. The third kappa shape index (κ3) is 1.35. The van der Waals surface area contributed by atoms with Crippen molar-refractivity contribution in [2.24, 2.45) is 5.73 Å². The summed E-state index contributed by atoms with van der Waals surface area (Å²) < 4.78 is 7.68. The average Bonchev–Trinajstić information content (AvgIpc) is 2.86. The number of ether oxygens (including phenoxy) is 1. The highest BCUT2D eigenvalue weighted by atomic mass is 16.5. The lowest BCUT2D eigenvalue weighted by molar-refractivity contribution is 0.150. The Morgan fingerprint density at radius 1 is 1.71 bits per heavy atom. The first kappa shape index (κ1) is 9.68. The minimum absolute atomic E-state index is 0.102. The molecule has 1 aromatic heterocycles. The molecule has 2 N–H and O–H groups in total. The predicted octanol–water partition coefficient (Wildman–Crippen LogP) is 0.867. The maximum absolute atomic E-state index is 5.67. The van der Waals surface area contributed by atoms with Gasteiger partial charge in [0.2, 0.25) is 0 Å². The molecule has 1 atom stereocenters. The largest absolute Gasteiger partial charge is 0.379 e. The second kappa shape index (κ2) is 3.71. The molecule has 2 rings (SSSR count). The second-order valence-corrected chi connectivity index (χ2v) is 3.84. The summed E-state index contributed by atoms with van der Waals surface area (Å²) in [5.41, 5.74) is 6.87. The van der Waals surface area contributed by atoms with Crippen molar-refractivity contribution in [2.75, 3.05) is 13.2 Å².